The van der Waals surface area contributed by atoms with Gasteiger partial charge in [0.05, 0.1) is 0 Å². The van der Waals surface area contributed by atoms with E-state index >= 15 is 0 Å². The van der Waals surface area contributed by atoms with E-state index in [2.05, 4.69) is 64.1 Å². The molecule has 2 aromatic rings. The van der Waals surface area contributed by atoms with Crippen LogP contribution in [0.25, 0.3) is 0 Å². The first-order valence-electron chi connectivity index (χ1n) is 9.24. The van der Waals surface area contributed by atoms with Crippen molar-refractivity contribution in [2.45, 2.75) is 40.5 Å². The van der Waals surface area contributed by atoms with Gasteiger partial charge in [-0.05, 0) is 0 Å². The first kappa shape index (κ1) is 33.1. The Bertz CT molecular complexity index is 622. The van der Waals surface area contributed by atoms with E-state index in [1.807, 2.05) is 67.5 Å². The zero-order valence-corrected chi connectivity index (χ0v) is 23.4. The van der Waals surface area contributed by atoms with Gasteiger partial charge >= 0.3 is 30.2 Å². The fraction of sp³-hybridized carbons (Fsp3) is 0.214. The Hall–Kier alpha value is -1.50. The quantitative estimate of drug-likeness (QED) is 0.272. The monoisotopic (exact) mass is 490 g/mol. The minimum Gasteiger partial charge on any atom is -0.184 e. The van der Waals surface area contributed by atoms with Crippen molar-refractivity contribution >= 4 is 6.88 Å². The van der Waals surface area contributed by atoms with Crippen molar-refractivity contribution in [2.75, 3.05) is 0 Å². The van der Waals surface area contributed by atoms with E-state index in [-0.39, 0.29) is 14.9 Å². The minimum absolute atomic E-state index is 0. The van der Waals surface area contributed by atoms with Crippen LogP contribution in [0.2, 0.25) is 0 Å². The van der Waals surface area contributed by atoms with Gasteiger partial charge in [-0.15, -0.1) is 12.8 Å². The average Bonchev–Trinajstić information content (AvgIpc) is 3.33. The molecule has 2 aliphatic carbocycles. The Kier molecular flexibility index (Phi) is 26.3. The van der Waals surface area contributed by atoms with E-state index in [4.69, 9.17) is 0 Å². The van der Waals surface area contributed by atoms with Crippen LogP contribution in [0.3, 0.4) is 0 Å². The second-order valence-electron chi connectivity index (χ2n) is 6.21. The van der Waals surface area contributed by atoms with E-state index in [1.165, 1.54) is 22.3 Å². The van der Waals surface area contributed by atoms with Crippen molar-refractivity contribution in [1.29, 1.82) is 0 Å². The molecule has 0 N–H and O–H groups in total. The molecule has 0 amide bonds. The molecule has 2 aliphatic rings. The molecule has 0 nitrogen and oxygen atoms in total. The predicted octanol–water partition coefficient (Wildman–Crippen LogP) is 7.13. The van der Waals surface area contributed by atoms with E-state index < -0.39 is 0 Å². The van der Waals surface area contributed by atoms with E-state index in [1.54, 1.807) is 23.3 Å². The second-order valence-corrected chi connectivity index (χ2v) is 6.21. The van der Waals surface area contributed by atoms with Crippen LogP contribution >= 0.6 is 0 Å². The van der Waals surface area contributed by atoms with Crippen molar-refractivity contribution < 1.29 is 23.3 Å². The Morgan fingerprint density at radius 2 is 0.900 bits per heavy atom. The van der Waals surface area contributed by atoms with Crippen LogP contribution in [0.5, 0.6) is 0 Å². The Morgan fingerprint density at radius 1 is 0.600 bits per heavy atom. The number of rotatable bonds is 0. The molecule has 0 bridgehead atoms. The van der Waals surface area contributed by atoms with Gasteiger partial charge in [0.2, 0.25) is 0 Å². The minimum atomic E-state index is 0. The van der Waals surface area contributed by atoms with Crippen LogP contribution < -0.4 is 0 Å². The SMILES string of the molecule is CC1=[C-]CC(C)=C1.CC1=[C-]CC(C)=C1.[CH3-].[CH3-].[SiH2]=[Zr].[c-]1ccccc1.[c-]1ccccc1. The molecule has 0 unspecified atom stereocenters. The third kappa shape index (κ3) is 21.2. The number of hydrogen-bond acceptors (Lipinski definition) is 0. The smallest absolute Gasteiger partial charge is 0.171 e. The van der Waals surface area contributed by atoms with Crippen LogP contribution in [0.4, 0.5) is 0 Å². The maximum absolute atomic E-state index is 3.19. The Labute approximate surface area is 204 Å². The predicted molar refractivity (Wildman–Crippen MR) is 134 cm³/mol. The molecule has 0 saturated carbocycles. The zero-order valence-electron chi connectivity index (χ0n) is 19.5. The molecule has 0 spiro atoms. The molecular weight excluding hydrogens is 456 g/mol. The number of benzene rings is 2. The molecule has 0 atom stereocenters. The van der Waals surface area contributed by atoms with Crippen LogP contribution in [-0.2, 0) is 23.3 Å². The third-order valence-electron chi connectivity index (χ3n) is 3.43. The third-order valence-corrected chi connectivity index (χ3v) is 3.43. The maximum atomic E-state index is 3.19. The number of hydrogen-bond donors (Lipinski definition) is 0. The number of allylic oxidation sites excluding steroid dienone is 8. The largest absolute Gasteiger partial charge is 0.184 e. The van der Waals surface area contributed by atoms with Gasteiger partial charge in [0, 0.05) is 0 Å². The summed E-state index contributed by atoms with van der Waals surface area (Å²) in [4.78, 5) is 0. The van der Waals surface area contributed by atoms with Crippen molar-refractivity contribution in [2.24, 2.45) is 0 Å². The summed E-state index contributed by atoms with van der Waals surface area (Å²) in [6.07, 6.45) is 12.8. The van der Waals surface area contributed by atoms with Crippen molar-refractivity contribution in [3.05, 3.63) is 134 Å². The Morgan fingerprint density at radius 3 is 0.967 bits per heavy atom. The molecule has 0 aromatic heterocycles. The van der Waals surface area contributed by atoms with Crippen LogP contribution in [0, 0.1) is 39.1 Å². The van der Waals surface area contributed by atoms with E-state index in [0.717, 1.165) is 12.8 Å². The van der Waals surface area contributed by atoms with Crippen molar-refractivity contribution in [3.63, 3.8) is 0 Å². The zero-order chi connectivity index (χ0) is 21.0. The van der Waals surface area contributed by atoms with E-state index in [0.29, 0.717) is 0 Å². The van der Waals surface area contributed by atoms with Crippen LogP contribution in [0.15, 0.2) is 95.1 Å². The molecule has 0 radical (unpaired) electrons. The molecule has 2 heteroatoms. The van der Waals surface area contributed by atoms with Gasteiger partial charge in [-0.2, -0.15) is 83.9 Å². The average molecular weight is 492 g/mol. The van der Waals surface area contributed by atoms with Gasteiger partial charge in [0.1, 0.15) is 0 Å². The fourth-order valence-corrected chi connectivity index (χ4v) is 2.18. The first-order valence-corrected chi connectivity index (χ1v) is 15.2. The topological polar surface area (TPSA) is 0 Å². The summed E-state index contributed by atoms with van der Waals surface area (Å²) >= 11 is 1.58. The van der Waals surface area contributed by atoms with Gasteiger partial charge in [0.25, 0.3) is 0 Å². The van der Waals surface area contributed by atoms with Crippen LogP contribution in [-0.4, -0.2) is 6.88 Å². The molecule has 30 heavy (non-hydrogen) atoms. The van der Waals surface area contributed by atoms with Gasteiger partial charge < -0.3 is 14.9 Å². The molecule has 0 heterocycles. The normalized spacial score (nSPS) is 12.2. The first-order chi connectivity index (χ1) is 13.6. The summed E-state index contributed by atoms with van der Waals surface area (Å²) in [6, 6.07) is 25.0. The van der Waals surface area contributed by atoms with Crippen molar-refractivity contribution in [1.82, 2.24) is 0 Å². The molecule has 162 valence electrons. The van der Waals surface area contributed by atoms with Gasteiger partial charge in [-0.25, -0.2) is 23.3 Å². The molecule has 0 saturated heterocycles. The molecule has 0 aliphatic heterocycles. The van der Waals surface area contributed by atoms with E-state index in [9.17, 15) is 0 Å². The summed E-state index contributed by atoms with van der Waals surface area (Å²) in [5.74, 6) is 0. The van der Waals surface area contributed by atoms with Gasteiger partial charge in [-0.1, -0.05) is 27.7 Å². The summed E-state index contributed by atoms with van der Waals surface area (Å²) in [7, 11) is 0. The second kappa shape index (κ2) is 23.8. The van der Waals surface area contributed by atoms with Crippen LogP contribution in [0.1, 0.15) is 40.5 Å². The Balaban J connectivity index is -0.000000309. The van der Waals surface area contributed by atoms with Gasteiger partial charge in [-0.3, -0.25) is 12.2 Å². The molecule has 0 fully saturated rings. The summed E-state index contributed by atoms with van der Waals surface area (Å²) in [6.45, 7) is 10.4. The molecule has 4 rings (SSSR count). The summed E-state index contributed by atoms with van der Waals surface area (Å²) in [5.41, 5.74) is 5.44. The maximum Gasteiger partial charge on any atom is -0.171 e. The standard InChI is InChI=1S/2C7H9.2C6H5.2CH3.H2Si.Zr/c2*1-6-3-4-7(2)5-6;2*1-2-4-6-5-3-1;;;;/h2*5H,3H2,1-2H3;2*1-5H;2*1H3;1H2;/q6*-1;;. The summed E-state index contributed by atoms with van der Waals surface area (Å²) in [5, 5.41) is 0. The molecule has 2 aromatic carbocycles. The fourth-order valence-electron chi connectivity index (χ4n) is 2.18. The van der Waals surface area contributed by atoms with Gasteiger partial charge in [0.15, 0.2) is 0 Å². The van der Waals surface area contributed by atoms with Crippen molar-refractivity contribution in [3.8, 4) is 0 Å². The summed E-state index contributed by atoms with van der Waals surface area (Å²) < 4.78 is 0. The molecular formula is C28H36SiZr-6.